The second kappa shape index (κ2) is 11.4. The van der Waals surface area contributed by atoms with E-state index in [1.54, 1.807) is 19.2 Å². The standard InChI is InChI=1S/C28H36O4SSi/c1-24-16-18-25(19-17-24)33(29,30)22-23-34(26-12-7-5-8-13-26,27-14-9-6-10-15-27)32-28(2,3)20-11-21-31-4/h5-10,12-19H,11,20-23H2,1-4H3. The van der Waals surface area contributed by atoms with Gasteiger partial charge in [0.15, 0.2) is 9.84 Å². The summed E-state index contributed by atoms with van der Waals surface area (Å²) in [6.45, 7) is 6.83. The molecule has 0 bridgehead atoms. The lowest BCUT2D eigenvalue weighted by Crippen LogP contribution is -2.64. The molecule has 3 rings (SSSR count). The summed E-state index contributed by atoms with van der Waals surface area (Å²) in [5.41, 5.74) is 0.599. The van der Waals surface area contributed by atoms with E-state index in [9.17, 15) is 8.42 Å². The summed E-state index contributed by atoms with van der Waals surface area (Å²) in [5.74, 6) is 0.0280. The third-order valence-corrected chi connectivity index (χ3v) is 12.6. The van der Waals surface area contributed by atoms with Gasteiger partial charge in [-0.25, -0.2) is 8.42 Å². The van der Waals surface area contributed by atoms with Crippen molar-refractivity contribution in [3.63, 3.8) is 0 Å². The van der Waals surface area contributed by atoms with Crippen LogP contribution < -0.4 is 10.4 Å². The van der Waals surface area contributed by atoms with Gasteiger partial charge < -0.3 is 9.16 Å². The van der Waals surface area contributed by atoms with Crippen molar-refractivity contribution in [2.75, 3.05) is 19.5 Å². The van der Waals surface area contributed by atoms with E-state index >= 15 is 0 Å². The van der Waals surface area contributed by atoms with Gasteiger partial charge in [0.25, 0.3) is 8.32 Å². The fourth-order valence-corrected chi connectivity index (χ4v) is 11.1. The summed E-state index contributed by atoms with van der Waals surface area (Å²) in [6.07, 6.45) is 1.69. The maximum atomic E-state index is 13.4. The van der Waals surface area contributed by atoms with Crippen LogP contribution in [-0.4, -0.2) is 41.8 Å². The molecule has 4 nitrogen and oxygen atoms in total. The van der Waals surface area contributed by atoms with Crippen molar-refractivity contribution in [3.8, 4) is 0 Å². The van der Waals surface area contributed by atoms with Gasteiger partial charge in [0, 0.05) is 13.7 Å². The summed E-state index contributed by atoms with van der Waals surface area (Å²) in [4.78, 5) is 0.362. The first-order valence-corrected chi connectivity index (χ1v) is 15.5. The topological polar surface area (TPSA) is 52.6 Å². The minimum absolute atomic E-state index is 0.0280. The second-order valence-electron chi connectivity index (χ2n) is 9.40. The molecule has 0 N–H and O–H groups in total. The van der Waals surface area contributed by atoms with E-state index in [0.29, 0.717) is 17.5 Å². The van der Waals surface area contributed by atoms with Crippen LogP contribution in [0.1, 0.15) is 32.3 Å². The van der Waals surface area contributed by atoms with Crippen molar-refractivity contribution in [1.29, 1.82) is 0 Å². The zero-order valence-electron chi connectivity index (χ0n) is 20.7. The molecule has 0 radical (unpaired) electrons. The predicted octanol–water partition coefficient (Wildman–Crippen LogP) is 4.75. The Morgan fingerprint density at radius 1 is 0.824 bits per heavy atom. The van der Waals surface area contributed by atoms with Crippen LogP contribution >= 0.6 is 0 Å². The monoisotopic (exact) mass is 496 g/mol. The Bertz CT molecular complexity index is 1090. The van der Waals surface area contributed by atoms with Crippen LogP contribution in [0.2, 0.25) is 6.04 Å². The minimum atomic E-state index is -3.47. The van der Waals surface area contributed by atoms with Crippen LogP contribution in [0.15, 0.2) is 89.8 Å². The maximum Gasteiger partial charge on any atom is 0.257 e. The SMILES string of the molecule is COCCCC(C)(C)O[Si](CCS(=O)(=O)c1ccc(C)cc1)(c1ccccc1)c1ccccc1. The Morgan fingerprint density at radius 3 is 1.85 bits per heavy atom. The molecule has 0 aliphatic carbocycles. The van der Waals surface area contributed by atoms with E-state index in [4.69, 9.17) is 9.16 Å². The number of hydrogen-bond acceptors (Lipinski definition) is 4. The lowest BCUT2D eigenvalue weighted by atomic mass is 10.0. The third kappa shape index (κ3) is 6.66. The van der Waals surface area contributed by atoms with E-state index in [-0.39, 0.29) is 5.75 Å². The minimum Gasteiger partial charge on any atom is -0.403 e. The van der Waals surface area contributed by atoms with Gasteiger partial charge >= 0.3 is 0 Å². The van der Waals surface area contributed by atoms with Crippen molar-refractivity contribution in [2.45, 2.75) is 50.2 Å². The zero-order valence-corrected chi connectivity index (χ0v) is 22.5. The molecule has 6 heteroatoms. The summed E-state index contributed by atoms with van der Waals surface area (Å²) >= 11 is 0. The quantitative estimate of drug-likeness (QED) is 0.268. The largest absolute Gasteiger partial charge is 0.403 e. The Hall–Kier alpha value is -2.25. The maximum absolute atomic E-state index is 13.4. The van der Waals surface area contributed by atoms with Gasteiger partial charge in [0.05, 0.1) is 16.2 Å². The number of hydrogen-bond donors (Lipinski definition) is 0. The Kier molecular flexibility index (Phi) is 8.87. The first-order chi connectivity index (χ1) is 16.2. The number of sulfone groups is 1. The van der Waals surface area contributed by atoms with Gasteiger partial charge in [-0.05, 0) is 62.2 Å². The molecule has 0 spiro atoms. The van der Waals surface area contributed by atoms with E-state index in [0.717, 1.165) is 28.8 Å². The second-order valence-corrected chi connectivity index (χ2v) is 15.0. The fraction of sp³-hybridized carbons (Fsp3) is 0.357. The number of aryl methyl sites for hydroxylation is 1. The molecule has 3 aromatic rings. The van der Waals surface area contributed by atoms with Crippen molar-refractivity contribution in [2.24, 2.45) is 0 Å². The zero-order chi connectivity index (χ0) is 24.7. The predicted molar refractivity (Wildman–Crippen MR) is 142 cm³/mol. The molecule has 34 heavy (non-hydrogen) atoms. The summed E-state index contributed by atoms with van der Waals surface area (Å²) < 4.78 is 39.1. The van der Waals surface area contributed by atoms with Gasteiger partial charge in [-0.3, -0.25) is 0 Å². The molecule has 0 saturated heterocycles. The molecule has 0 aliphatic rings. The molecular formula is C28H36O4SSi. The van der Waals surface area contributed by atoms with Crippen LogP contribution in [0.25, 0.3) is 0 Å². The highest BCUT2D eigenvalue weighted by Gasteiger charge is 2.44. The van der Waals surface area contributed by atoms with Gasteiger partial charge in [-0.1, -0.05) is 78.4 Å². The summed E-state index contributed by atoms with van der Waals surface area (Å²) in [5, 5.41) is 2.17. The van der Waals surface area contributed by atoms with E-state index in [1.165, 1.54) is 0 Å². The Morgan fingerprint density at radius 2 is 1.35 bits per heavy atom. The van der Waals surface area contributed by atoms with Gasteiger partial charge in [0.2, 0.25) is 0 Å². The fourth-order valence-electron chi connectivity index (χ4n) is 4.35. The van der Waals surface area contributed by atoms with Crippen molar-refractivity contribution < 1.29 is 17.6 Å². The van der Waals surface area contributed by atoms with Crippen molar-refractivity contribution in [3.05, 3.63) is 90.5 Å². The van der Waals surface area contributed by atoms with Crippen LogP contribution in [0.3, 0.4) is 0 Å². The number of methoxy groups -OCH3 is 1. The van der Waals surface area contributed by atoms with Crippen LogP contribution in [-0.2, 0) is 19.0 Å². The van der Waals surface area contributed by atoms with Crippen LogP contribution in [0.4, 0.5) is 0 Å². The van der Waals surface area contributed by atoms with E-state index in [2.05, 4.69) is 38.1 Å². The third-order valence-electron chi connectivity index (χ3n) is 6.16. The molecule has 0 aliphatic heterocycles. The number of benzene rings is 3. The lowest BCUT2D eigenvalue weighted by molar-refractivity contribution is 0.0790. The molecule has 182 valence electrons. The molecule has 3 aromatic carbocycles. The molecule has 0 fully saturated rings. The normalized spacial score (nSPS) is 12.6. The average Bonchev–Trinajstić information content (AvgIpc) is 2.83. The summed E-state index contributed by atoms with van der Waals surface area (Å²) in [6, 6.07) is 27.9. The molecule has 0 heterocycles. The highest BCUT2D eigenvalue weighted by molar-refractivity contribution is 7.91. The van der Waals surface area contributed by atoms with Crippen molar-refractivity contribution >= 4 is 28.5 Å². The van der Waals surface area contributed by atoms with E-state index < -0.39 is 23.8 Å². The highest BCUT2D eigenvalue weighted by Crippen LogP contribution is 2.27. The van der Waals surface area contributed by atoms with E-state index in [1.807, 2.05) is 55.5 Å². The van der Waals surface area contributed by atoms with Gasteiger partial charge in [0.1, 0.15) is 0 Å². The first kappa shape index (κ1) is 26.4. The lowest BCUT2D eigenvalue weighted by Gasteiger charge is -2.40. The molecule has 0 saturated carbocycles. The average molecular weight is 497 g/mol. The number of rotatable bonds is 12. The smallest absolute Gasteiger partial charge is 0.257 e. The van der Waals surface area contributed by atoms with Gasteiger partial charge in [-0.15, -0.1) is 0 Å². The molecule has 0 unspecified atom stereocenters. The van der Waals surface area contributed by atoms with Crippen molar-refractivity contribution in [1.82, 2.24) is 0 Å². The Labute approximate surface area is 206 Å². The molecular weight excluding hydrogens is 460 g/mol. The Balaban J connectivity index is 2.05. The van der Waals surface area contributed by atoms with Crippen LogP contribution in [0.5, 0.6) is 0 Å². The van der Waals surface area contributed by atoms with Crippen LogP contribution in [0, 0.1) is 6.92 Å². The molecule has 0 amide bonds. The first-order valence-electron chi connectivity index (χ1n) is 11.8. The highest BCUT2D eigenvalue weighted by atomic mass is 32.2. The summed E-state index contributed by atoms with van der Waals surface area (Å²) in [7, 11) is -4.68. The molecule has 0 aromatic heterocycles. The van der Waals surface area contributed by atoms with Gasteiger partial charge in [-0.2, -0.15) is 0 Å². The number of ether oxygens (including phenoxy) is 1. The molecule has 0 atom stereocenters.